The molecule has 116 valence electrons. The molecule has 0 unspecified atom stereocenters. The van der Waals surface area contributed by atoms with Crippen LogP contribution in [0, 0.1) is 0 Å². The Morgan fingerprint density at radius 2 is 2.00 bits per heavy atom. The van der Waals surface area contributed by atoms with E-state index in [9.17, 15) is 4.79 Å². The Hall–Kier alpha value is -1.14. The minimum atomic E-state index is -0.107. The van der Waals surface area contributed by atoms with Gasteiger partial charge in [-0.25, -0.2) is 9.78 Å². The number of anilines is 1. The van der Waals surface area contributed by atoms with Crippen molar-refractivity contribution in [2.24, 2.45) is 0 Å². The molecule has 0 aromatic carbocycles. The van der Waals surface area contributed by atoms with Crippen LogP contribution in [-0.2, 0) is 6.54 Å². The van der Waals surface area contributed by atoms with E-state index in [4.69, 9.17) is 0 Å². The van der Waals surface area contributed by atoms with Gasteiger partial charge in [0.05, 0.1) is 5.69 Å². The minimum absolute atomic E-state index is 0.107. The molecule has 2 aliphatic rings. The molecule has 0 spiro atoms. The molecule has 1 aromatic heterocycles. The number of thiazole rings is 1. The summed E-state index contributed by atoms with van der Waals surface area (Å²) in [6.45, 7) is 3.24. The van der Waals surface area contributed by atoms with Crippen molar-refractivity contribution in [2.75, 3.05) is 18.4 Å². The number of nitrogens with one attached hydrogen (secondary N) is 2. The van der Waals surface area contributed by atoms with Crippen molar-refractivity contribution in [1.82, 2.24) is 15.2 Å². The van der Waals surface area contributed by atoms with E-state index in [-0.39, 0.29) is 6.03 Å². The summed E-state index contributed by atoms with van der Waals surface area (Å²) in [5, 5.41) is 8.69. The molecule has 1 saturated heterocycles. The van der Waals surface area contributed by atoms with Gasteiger partial charge in [-0.2, -0.15) is 0 Å². The van der Waals surface area contributed by atoms with Gasteiger partial charge in [-0.3, -0.25) is 10.2 Å². The Kier molecular flexibility index (Phi) is 5.08. The van der Waals surface area contributed by atoms with Crippen molar-refractivity contribution < 1.29 is 4.79 Å². The molecule has 2 N–H and O–H groups in total. The smallest absolute Gasteiger partial charge is 0.321 e. The van der Waals surface area contributed by atoms with Crippen molar-refractivity contribution in [3.8, 4) is 0 Å². The van der Waals surface area contributed by atoms with Gasteiger partial charge >= 0.3 is 6.03 Å². The number of aromatic nitrogens is 1. The Balaban J connectivity index is 1.45. The first-order valence-corrected chi connectivity index (χ1v) is 8.92. The molecule has 0 radical (unpaired) electrons. The first-order valence-electron chi connectivity index (χ1n) is 8.04. The summed E-state index contributed by atoms with van der Waals surface area (Å²) in [7, 11) is 0. The number of hydrogen-bond donors (Lipinski definition) is 2. The number of likely N-dealkylation sites (tertiary alicyclic amines) is 1. The summed E-state index contributed by atoms with van der Waals surface area (Å²) in [4.78, 5) is 18.9. The third-order valence-electron chi connectivity index (χ3n) is 4.30. The monoisotopic (exact) mass is 308 g/mol. The first-order chi connectivity index (χ1) is 10.3. The zero-order valence-corrected chi connectivity index (χ0v) is 13.3. The zero-order chi connectivity index (χ0) is 14.5. The highest BCUT2D eigenvalue weighted by Crippen LogP contribution is 2.20. The van der Waals surface area contributed by atoms with Crippen molar-refractivity contribution >= 4 is 22.5 Å². The highest BCUT2D eigenvalue weighted by atomic mass is 32.1. The van der Waals surface area contributed by atoms with E-state index in [0.29, 0.717) is 11.2 Å². The fourth-order valence-corrected chi connectivity index (χ4v) is 3.87. The maximum atomic E-state index is 12.0. The molecule has 0 atom stereocenters. The minimum Gasteiger partial charge on any atom is -0.335 e. The van der Waals surface area contributed by atoms with Gasteiger partial charge < -0.3 is 5.32 Å². The van der Waals surface area contributed by atoms with Crippen molar-refractivity contribution in [2.45, 2.75) is 57.5 Å². The number of rotatable bonds is 4. The van der Waals surface area contributed by atoms with E-state index in [2.05, 4.69) is 25.9 Å². The predicted molar refractivity (Wildman–Crippen MR) is 85.7 cm³/mol. The van der Waals surface area contributed by atoms with E-state index < -0.39 is 0 Å². The normalized spacial score (nSPS) is 20.6. The molecule has 2 heterocycles. The molecule has 3 rings (SSSR count). The number of nitrogens with zero attached hydrogens (tertiary/aromatic N) is 2. The van der Waals surface area contributed by atoms with Gasteiger partial charge in [0.25, 0.3) is 0 Å². The third-order valence-corrected chi connectivity index (χ3v) is 5.10. The lowest BCUT2D eigenvalue weighted by Crippen LogP contribution is -2.39. The third kappa shape index (κ3) is 4.41. The van der Waals surface area contributed by atoms with Gasteiger partial charge in [0, 0.05) is 18.0 Å². The number of carbonyl (C=O) groups is 1. The van der Waals surface area contributed by atoms with Crippen LogP contribution in [-0.4, -0.2) is 35.0 Å². The Morgan fingerprint density at radius 1 is 1.24 bits per heavy atom. The van der Waals surface area contributed by atoms with Crippen LogP contribution in [0.1, 0.15) is 50.6 Å². The molecule has 1 aromatic rings. The second-order valence-corrected chi connectivity index (χ2v) is 6.92. The van der Waals surface area contributed by atoms with Crippen LogP contribution in [0.3, 0.4) is 0 Å². The molecule has 1 aliphatic heterocycles. The maximum absolute atomic E-state index is 12.0. The van der Waals surface area contributed by atoms with Crippen molar-refractivity contribution in [3.05, 3.63) is 11.1 Å². The van der Waals surface area contributed by atoms with Gasteiger partial charge in [-0.1, -0.05) is 19.3 Å². The predicted octanol–water partition coefficient (Wildman–Crippen LogP) is 3.19. The lowest BCUT2D eigenvalue weighted by Gasteiger charge is -2.22. The van der Waals surface area contributed by atoms with E-state index >= 15 is 0 Å². The molecule has 5 nitrogen and oxygen atoms in total. The summed E-state index contributed by atoms with van der Waals surface area (Å²) in [5.41, 5.74) is 1.06. The molecular weight excluding hydrogens is 284 g/mol. The number of urea groups is 1. The highest BCUT2D eigenvalue weighted by molar-refractivity contribution is 7.13. The Labute approximate surface area is 130 Å². The van der Waals surface area contributed by atoms with E-state index in [1.165, 1.54) is 56.5 Å². The fraction of sp³-hybridized carbons (Fsp3) is 0.733. The molecular formula is C15H24N4OS. The molecule has 2 fully saturated rings. The van der Waals surface area contributed by atoms with Gasteiger partial charge in [0.1, 0.15) is 0 Å². The number of hydrogen-bond acceptors (Lipinski definition) is 4. The Bertz CT molecular complexity index is 464. The molecule has 6 heteroatoms. The van der Waals surface area contributed by atoms with Gasteiger partial charge in [0.15, 0.2) is 5.13 Å². The summed E-state index contributed by atoms with van der Waals surface area (Å²) in [5.74, 6) is 0. The van der Waals surface area contributed by atoms with E-state index in [1.54, 1.807) is 0 Å². The van der Waals surface area contributed by atoms with Crippen LogP contribution in [0.15, 0.2) is 5.38 Å². The van der Waals surface area contributed by atoms with Crippen LogP contribution in [0.25, 0.3) is 0 Å². The van der Waals surface area contributed by atoms with Gasteiger partial charge in [0.2, 0.25) is 0 Å². The zero-order valence-electron chi connectivity index (χ0n) is 12.4. The maximum Gasteiger partial charge on any atom is 0.321 e. The molecule has 0 bridgehead atoms. The SMILES string of the molecule is O=C(Nc1nc(CN2CCCC2)cs1)NC1CCCCC1. The van der Waals surface area contributed by atoms with Crippen LogP contribution >= 0.6 is 11.3 Å². The topological polar surface area (TPSA) is 57.3 Å². The molecule has 21 heavy (non-hydrogen) atoms. The van der Waals surface area contributed by atoms with E-state index in [0.717, 1.165) is 25.1 Å². The molecule has 1 saturated carbocycles. The van der Waals surface area contributed by atoms with Crippen LogP contribution in [0.4, 0.5) is 9.93 Å². The lowest BCUT2D eigenvalue weighted by atomic mass is 9.96. The van der Waals surface area contributed by atoms with Crippen LogP contribution < -0.4 is 10.6 Å². The summed E-state index contributed by atoms with van der Waals surface area (Å²) in [6, 6.07) is 0.228. The average Bonchev–Trinajstić information content (AvgIpc) is 3.13. The fourth-order valence-electron chi connectivity index (χ4n) is 3.17. The number of carbonyl (C=O) groups excluding carboxylic acids is 1. The highest BCUT2D eigenvalue weighted by Gasteiger charge is 2.17. The summed E-state index contributed by atoms with van der Waals surface area (Å²) in [6.07, 6.45) is 8.53. The standard InChI is InChI=1S/C15H24N4OS/c20-14(16-12-6-2-1-3-7-12)18-15-17-13(11-21-15)10-19-8-4-5-9-19/h11-12H,1-10H2,(H2,16,17,18,20). The quantitative estimate of drug-likeness (QED) is 0.898. The second-order valence-electron chi connectivity index (χ2n) is 6.06. The summed E-state index contributed by atoms with van der Waals surface area (Å²) < 4.78 is 0. The molecule has 1 aliphatic carbocycles. The lowest BCUT2D eigenvalue weighted by molar-refractivity contribution is 0.244. The first kappa shape index (κ1) is 14.8. The number of amides is 2. The molecule has 2 amide bonds. The largest absolute Gasteiger partial charge is 0.335 e. The second kappa shape index (κ2) is 7.22. The summed E-state index contributed by atoms with van der Waals surface area (Å²) >= 11 is 1.51. The van der Waals surface area contributed by atoms with Crippen LogP contribution in [0.2, 0.25) is 0 Å². The van der Waals surface area contributed by atoms with Crippen molar-refractivity contribution in [3.63, 3.8) is 0 Å². The van der Waals surface area contributed by atoms with Crippen LogP contribution in [0.5, 0.6) is 0 Å². The van der Waals surface area contributed by atoms with Gasteiger partial charge in [-0.05, 0) is 38.8 Å². The van der Waals surface area contributed by atoms with E-state index in [1.807, 2.05) is 0 Å². The average molecular weight is 308 g/mol. The van der Waals surface area contributed by atoms with Crippen molar-refractivity contribution in [1.29, 1.82) is 0 Å². The van der Waals surface area contributed by atoms with Gasteiger partial charge in [-0.15, -0.1) is 11.3 Å². The Morgan fingerprint density at radius 3 is 2.76 bits per heavy atom.